The lowest BCUT2D eigenvalue weighted by Gasteiger charge is -2.19. The average Bonchev–Trinajstić information content (AvgIpc) is 3.45. The first-order chi connectivity index (χ1) is 15.2. The maximum Gasteiger partial charge on any atom is 0.231 e. The van der Waals surface area contributed by atoms with Gasteiger partial charge in [0.25, 0.3) is 0 Å². The van der Waals surface area contributed by atoms with Crippen LogP contribution in [0, 0.1) is 0 Å². The Morgan fingerprint density at radius 2 is 1.84 bits per heavy atom. The van der Waals surface area contributed by atoms with Crippen molar-refractivity contribution in [1.29, 1.82) is 0 Å². The van der Waals surface area contributed by atoms with Crippen molar-refractivity contribution < 1.29 is 18.9 Å². The summed E-state index contributed by atoms with van der Waals surface area (Å²) in [5.41, 5.74) is 2.30. The molecule has 4 rings (SSSR count). The van der Waals surface area contributed by atoms with E-state index in [1.54, 1.807) is 21.3 Å². The molecule has 0 saturated carbocycles. The molecule has 1 unspecified atom stereocenters. The number of hydrogen-bond donors (Lipinski definition) is 2. The Balaban J connectivity index is 1.28. The Kier molecular flexibility index (Phi) is 6.66. The van der Waals surface area contributed by atoms with Crippen molar-refractivity contribution in [3.8, 4) is 23.0 Å². The number of guanidine groups is 1. The van der Waals surface area contributed by atoms with E-state index in [2.05, 4.69) is 32.7 Å². The minimum atomic E-state index is 0.288. The van der Waals surface area contributed by atoms with Crippen LogP contribution in [0.5, 0.6) is 23.0 Å². The van der Waals surface area contributed by atoms with Gasteiger partial charge in [0, 0.05) is 45.3 Å². The maximum absolute atomic E-state index is 5.45. The normalized spacial score (nSPS) is 18.2. The van der Waals surface area contributed by atoms with Gasteiger partial charge in [-0.25, -0.2) is 0 Å². The van der Waals surface area contributed by atoms with Gasteiger partial charge in [0.05, 0.1) is 14.2 Å². The number of ether oxygens (including phenoxy) is 4. The number of nitrogens with zero attached hydrogens (tertiary/aromatic N) is 2. The predicted molar refractivity (Wildman–Crippen MR) is 119 cm³/mol. The van der Waals surface area contributed by atoms with E-state index in [9.17, 15) is 0 Å². The summed E-state index contributed by atoms with van der Waals surface area (Å²) < 4.78 is 21.6. The quantitative estimate of drug-likeness (QED) is 0.520. The second-order valence-electron chi connectivity index (χ2n) is 7.70. The molecule has 1 saturated heterocycles. The van der Waals surface area contributed by atoms with Crippen LogP contribution in [-0.2, 0) is 13.1 Å². The molecule has 8 heteroatoms. The van der Waals surface area contributed by atoms with Gasteiger partial charge in [-0.05, 0) is 41.8 Å². The minimum absolute atomic E-state index is 0.288. The topological polar surface area (TPSA) is 76.6 Å². The predicted octanol–water partition coefficient (Wildman–Crippen LogP) is 2.37. The van der Waals surface area contributed by atoms with E-state index in [0.29, 0.717) is 12.6 Å². The number of nitrogens with one attached hydrogen (secondary N) is 2. The zero-order valence-corrected chi connectivity index (χ0v) is 18.3. The number of likely N-dealkylation sites (tertiary alicyclic amines) is 1. The van der Waals surface area contributed by atoms with Gasteiger partial charge >= 0.3 is 0 Å². The second kappa shape index (κ2) is 9.78. The Morgan fingerprint density at radius 1 is 1.06 bits per heavy atom. The molecule has 8 nitrogen and oxygen atoms in total. The summed E-state index contributed by atoms with van der Waals surface area (Å²) >= 11 is 0. The monoisotopic (exact) mass is 426 g/mol. The molecule has 2 aliphatic rings. The van der Waals surface area contributed by atoms with E-state index < -0.39 is 0 Å². The molecular formula is C23H30N4O4. The van der Waals surface area contributed by atoms with Gasteiger partial charge in [0.2, 0.25) is 6.79 Å². The van der Waals surface area contributed by atoms with Gasteiger partial charge in [0.15, 0.2) is 17.5 Å². The average molecular weight is 427 g/mol. The molecule has 0 spiro atoms. The summed E-state index contributed by atoms with van der Waals surface area (Å²) in [6, 6.07) is 12.3. The van der Waals surface area contributed by atoms with Crippen molar-refractivity contribution in [3.05, 3.63) is 47.5 Å². The zero-order valence-electron chi connectivity index (χ0n) is 18.3. The van der Waals surface area contributed by atoms with Crippen LogP contribution in [0.1, 0.15) is 17.5 Å². The third-order valence-corrected chi connectivity index (χ3v) is 5.55. The maximum atomic E-state index is 5.45. The first-order valence-electron chi connectivity index (χ1n) is 10.5. The number of fused-ring (bicyclic) bond motifs is 1. The molecule has 1 atom stereocenters. The standard InChI is InChI=1S/C23H30N4O4/c1-24-23(25-12-16-4-5-21-22(10-16)31-15-30-21)26-18-6-7-27(14-18)13-17-8-19(28-2)11-20(9-17)29-3/h4-5,8-11,18H,6-7,12-15H2,1-3H3,(H2,24,25,26). The highest BCUT2D eigenvalue weighted by molar-refractivity contribution is 5.80. The first-order valence-corrected chi connectivity index (χ1v) is 10.5. The van der Waals surface area contributed by atoms with Crippen molar-refractivity contribution in [2.45, 2.75) is 25.6 Å². The Morgan fingerprint density at radius 3 is 2.58 bits per heavy atom. The van der Waals surface area contributed by atoms with Crippen LogP contribution in [0.4, 0.5) is 0 Å². The Labute approximate surface area is 183 Å². The molecule has 0 amide bonds. The van der Waals surface area contributed by atoms with Crippen LogP contribution >= 0.6 is 0 Å². The van der Waals surface area contributed by atoms with Gasteiger partial charge in [-0.3, -0.25) is 9.89 Å². The highest BCUT2D eigenvalue weighted by Gasteiger charge is 2.23. The Bertz CT molecular complexity index is 912. The molecule has 0 bridgehead atoms. The van der Waals surface area contributed by atoms with Crippen LogP contribution < -0.4 is 29.6 Å². The molecule has 2 aromatic carbocycles. The fourth-order valence-electron chi connectivity index (χ4n) is 3.93. The highest BCUT2D eigenvalue weighted by atomic mass is 16.7. The number of hydrogen-bond acceptors (Lipinski definition) is 6. The molecule has 2 aromatic rings. The van der Waals surface area contributed by atoms with Crippen molar-refractivity contribution in [2.24, 2.45) is 4.99 Å². The lowest BCUT2D eigenvalue weighted by Crippen LogP contribution is -2.44. The number of methoxy groups -OCH3 is 2. The molecular weight excluding hydrogens is 396 g/mol. The van der Waals surface area contributed by atoms with Crippen molar-refractivity contribution >= 4 is 5.96 Å². The molecule has 166 valence electrons. The molecule has 1 fully saturated rings. The van der Waals surface area contributed by atoms with Crippen molar-refractivity contribution in [1.82, 2.24) is 15.5 Å². The summed E-state index contributed by atoms with van der Waals surface area (Å²) in [5, 5.41) is 6.93. The first kappa shape index (κ1) is 21.1. The molecule has 2 heterocycles. The van der Waals surface area contributed by atoms with Gasteiger partial charge in [0.1, 0.15) is 11.5 Å². The van der Waals surface area contributed by atoms with Gasteiger partial charge in [-0.15, -0.1) is 0 Å². The second-order valence-corrected chi connectivity index (χ2v) is 7.70. The molecule has 0 aromatic heterocycles. The summed E-state index contributed by atoms with van der Waals surface area (Å²) in [6.07, 6.45) is 1.06. The third-order valence-electron chi connectivity index (χ3n) is 5.55. The smallest absolute Gasteiger partial charge is 0.231 e. The molecule has 0 radical (unpaired) electrons. The van der Waals surface area contributed by atoms with Crippen LogP contribution in [0.15, 0.2) is 41.4 Å². The van der Waals surface area contributed by atoms with Gasteiger partial charge < -0.3 is 29.6 Å². The van der Waals surface area contributed by atoms with Gasteiger partial charge in [-0.2, -0.15) is 0 Å². The van der Waals surface area contributed by atoms with Crippen LogP contribution in [0.3, 0.4) is 0 Å². The molecule has 31 heavy (non-hydrogen) atoms. The van der Waals surface area contributed by atoms with E-state index in [0.717, 1.165) is 60.6 Å². The fourth-order valence-corrected chi connectivity index (χ4v) is 3.93. The van der Waals surface area contributed by atoms with Crippen LogP contribution in [-0.4, -0.2) is 58.1 Å². The number of aliphatic imine (C=N–C) groups is 1. The van der Waals surface area contributed by atoms with E-state index in [-0.39, 0.29) is 6.79 Å². The molecule has 2 aliphatic heterocycles. The Hall–Kier alpha value is -3.13. The summed E-state index contributed by atoms with van der Waals surface area (Å²) in [7, 11) is 5.15. The summed E-state index contributed by atoms with van der Waals surface area (Å²) in [6.45, 7) is 3.78. The van der Waals surface area contributed by atoms with E-state index >= 15 is 0 Å². The van der Waals surface area contributed by atoms with E-state index in [1.807, 2.05) is 24.3 Å². The third kappa shape index (κ3) is 5.32. The van der Waals surface area contributed by atoms with Gasteiger partial charge in [-0.1, -0.05) is 6.07 Å². The summed E-state index contributed by atoms with van der Waals surface area (Å²) in [5.74, 6) is 4.02. The minimum Gasteiger partial charge on any atom is -0.497 e. The highest BCUT2D eigenvalue weighted by Crippen LogP contribution is 2.32. The number of benzene rings is 2. The molecule has 0 aliphatic carbocycles. The summed E-state index contributed by atoms with van der Waals surface area (Å²) in [4.78, 5) is 6.81. The van der Waals surface area contributed by atoms with Crippen LogP contribution in [0.2, 0.25) is 0 Å². The fraction of sp³-hybridized carbons (Fsp3) is 0.435. The SMILES string of the molecule is CN=C(NCc1ccc2c(c1)OCO2)NC1CCN(Cc2cc(OC)cc(OC)c2)C1. The van der Waals surface area contributed by atoms with Crippen molar-refractivity contribution in [2.75, 3.05) is 41.1 Å². The van der Waals surface area contributed by atoms with E-state index in [4.69, 9.17) is 18.9 Å². The van der Waals surface area contributed by atoms with Crippen LogP contribution in [0.25, 0.3) is 0 Å². The van der Waals surface area contributed by atoms with E-state index in [1.165, 1.54) is 5.56 Å². The zero-order chi connectivity index (χ0) is 21.6. The molecule has 2 N–H and O–H groups in total. The lowest BCUT2D eigenvalue weighted by molar-refractivity contribution is 0.174. The number of rotatable bonds is 7. The lowest BCUT2D eigenvalue weighted by atomic mass is 10.2. The van der Waals surface area contributed by atoms with Crippen molar-refractivity contribution in [3.63, 3.8) is 0 Å². The largest absolute Gasteiger partial charge is 0.497 e.